The Hall–Kier alpha value is -0.0400. The van der Waals surface area contributed by atoms with E-state index >= 15 is 0 Å². The smallest absolute Gasteiger partial charge is 0.191 e. The Morgan fingerprint density at radius 1 is 1.11 bits per heavy atom. The van der Waals surface area contributed by atoms with Gasteiger partial charge in [-0.15, -0.1) is 24.0 Å². The number of aliphatic imine (C=N–C) groups is 1. The monoisotopic (exact) mass is 382 g/mol. The fourth-order valence-corrected chi connectivity index (χ4v) is 2.22. The molecule has 0 atom stereocenters. The summed E-state index contributed by atoms with van der Waals surface area (Å²) in [5.41, 5.74) is 0. The molecule has 1 aliphatic rings. The van der Waals surface area contributed by atoms with Gasteiger partial charge in [-0.2, -0.15) is 0 Å². The van der Waals surface area contributed by atoms with Gasteiger partial charge in [-0.05, 0) is 52.2 Å². The van der Waals surface area contributed by atoms with Crippen molar-refractivity contribution in [3.05, 3.63) is 0 Å². The molecular formula is C14H31IN4. The van der Waals surface area contributed by atoms with Crippen molar-refractivity contribution in [2.45, 2.75) is 46.0 Å². The zero-order valence-corrected chi connectivity index (χ0v) is 14.9. The van der Waals surface area contributed by atoms with Crippen LogP contribution < -0.4 is 10.6 Å². The van der Waals surface area contributed by atoms with E-state index in [2.05, 4.69) is 34.4 Å². The largest absolute Gasteiger partial charge is 0.357 e. The molecule has 0 amide bonds. The molecule has 0 bridgehead atoms. The van der Waals surface area contributed by atoms with Gasteiger partial charge in [-0.25, -0.2) is 0 Å². The lowest BCUT2D eigenvalue weighted by molar-refractivity contribution is 0.336. The second-order valence-electron chi connectivity index (χ2n) is 4.94. The molecule has 0 unspecified atom stereocenters. The van der Waals surface area contributed by atoms with Crippen molar-refractivity contribution in [1.82, 2.24) is 15.5 Å². The molecule has 1 fully saturated rings. The second-order valence-corrected chi connectivity index (χ2v) is 4.94. The molecule has 114 valence electrons. The van der Waals surface area contributed by atoms with E-state index in [1.165, 1.54) is 51.7 Å². The van der Waals surface area contributed by atoms with Crippen LogP contribution >= 0.6 is 24.0 Å². The molecule has 0 aromatic rings. The molecule has 1 aliphatic heterocycles. The van der Waals surface area contributed by atoms with Gasteiger partial charge in [0, 0.05) is 19.6 Å². The van der Waals surface area contributed by atoms with Crippen molar-refractivity contribution in [3.63, 3.8) is 0 Å². The van der Waals surface area contributed by atoms with Crippen LogP contribution in [0.1, 0.15) is 46.0 Å². The van der Waals surface area contributed by atoms with E-state index in [0.717, 1.165) is 25.6 Å². The first-order chi connectivity index (χ1) is 8.86. The van der Waals surface area contributed by atoms with Gasteiger partial charge in [0.1, 0.15) is 0 Å². The number of likely N-dealkylation sites (tertiary alicyclic amines) is 1. The van der Waals surface area contributed by atoms with Gasteiger partial charge >= 0.3 is 0 Å². The Labute approximate surface area is 135 Å². The number of hydrogen-bond acceptors (Lipinski definition) is 2. The van der Waals surface area contributed by atoms with E-state index in [4.69, 9.17) is 0 Å². The molecule has 2 N–H and O–H groups in total. The Morgan fingerprint density at radius 2 is 1.84 bits per heavy atom. The number of unbranched alkanes of at least 4 members (excludes halogenated alkanes) is 1. The average Bonchev–Trinajstić information content (AvgIpc) is 2.88. The van der Waals surface area contributed by atoms with Gasteiger partial charge in [0.05, 0.1) is 0 Å². The summed E-state index contributed by atoms with van der Waals surface area (Å²) in [4.78, 5) is 7.16. The summed E-state index contributed by atoms with van der Waals surface area (Å²) in [7, 11) is 0. The third-order valence-corrected chi connectivity index (χ3v) is 3.27. The van der Waals surface area contributed by atoms with Gasteiger partial charge < -0.3 is 15.5 Å². The molecule has 4 nitrogen and oxygen atoms in total. The van der Waals surface area contributed by atoms with Crippen molar-refractivity contribution in [3.8, 4) is 0 Å². The number of nitrogens with zero attached hydrogens (tertiary/aromatic N) is 2. The molecular weight excluding hydrogens is 351 g/mol. The maximum atomic E-state index is 4.61. The van der Waals surface area contributed by atoms with Crippen molar-refractivity contribution >= 4 is 29.9 Å². The van der Waals surface area contributed by atoms with Crippen LogP contribution in [0.15, 0.2) is 4.99 Å². The zero-order valence-electron chi connectivity index (χ0n) is 12.6. The third-order valence-electron chi connectivity index (χ3n) is 3.27. The van der Waals surface area contributed by atoms with Crippen LogP contribution in [-0.4, -0.2) is 50.1 Å². The van der Waals surface area contributed by atoms with Gasteiger partial charge in [-0.1, -0.05) is 13.3 Å². The van der Waals surface area contributed by atoms with E-state index in [1.54, 1.807) is 0 Å². The molecule has 0 aromatic heterocycles. The van der Waals surface area contributed by atoms with Crippen LogP contribution in [-0.2, 0) is 0 Å². The maximum absolute atomic E-state index is 4.61. The molecule has 0 saturated carbocycles. The third kappa shape index (κ3) is 9.49. The summed E-state index contributed by atoms with van der Waals surface area (Å²) in [6.45, 7) is 11.0. The topological polar surface area (TPSA) is 39.7 Å². The molecule has 0 spiro atoms. The predicted octanol–water partition coefficient (Wildman–Crippen LogP) is 2.45. The molecule has 19 heavy (non-hydrogen) atoms. The van der Waals surface area contributed by atoms with Gasteiger partial charge in [0.15, 0.2) is 5.96 Å². The minimum atomic E-state index is 0. The minimum absolute atomic E-state index is 0. The molecule has 5 heteroatoms. The Kier molecular flexibility index (Phi) is 12.9. The Bertz CT molecular complexity index is 227. The van der Waals surface area contributed by atoms with E-state index in [-0.39, 0.29) is 24.0 Å². The summed E-state index contributed by atoms with van der Waals surface area (Å²) in [5, 5.41) is 6.67. The number of hydrogen-bond donors (Lipinski definition) is 2. The number of nitrogens with one attached hydrogen (secondary N) is 2. The Balaban J connectivity index is 0.00000324. The molecule has 1 saturated heterocycles. The first kappa shape index (κ1) is 19.0. The highest BCUT2D eigenvalue weighted by Crippen LogP contribution is 2.07. The maximum Gasteiger partial charge on any atom is 0.191 e. The molecule has 0 aliphatic carbocycles. The minimum Gasteiger partial charge on any atom is -0.357 e. The highest BCUT2D eigenvalue weighted by atomic mass is 127. The van der Waals surface area contributed by atoms with Gasteiger partial charge in [0.2, 0.25) is 0 Å². The molecule has 1 heterocycles. The Morgan fingerprint density at radius 3 is 2.47 bits per heavy atom. The lowest BCUT2D eigenvalue weighted by Crippen LogP contribution is -2.38. The molecule has 0 aromatic carbocycles. The van der Waals surface area contributed by atoms with Crippen LogP contribution in [0, 0.1) is 0 Å². The summed E-state index contributed by atoms with van der Waals surface area (Å²) in [6.07, 6.45) is 6.36. The van der Waals surface area contributed by atoms with Crippen LogP contribution in [0.25, 0.3) is 0 Å². The van der Waals surface area contributed by atoms with E-state index in [9.17, 15) is 0 Å². The molecule has 0 radical (unpaired) electrons. The van der Waals surface area contributed by atoms with Crippen molar-refractivity contribution in [2.75, 3.05) is 39.3 Å². The standard InChI is InChI=1S/C14H30N4.HI/c1-3-5-9-16-14(15-4-2)17-10-8-13-18-11-6-7-12-18;/h3-13H2,1-2H3,(H2,15,16,17);1H. The number of guanidine groups is 1. The summed E-state index contributed by atoms with van der Waals surface area (Å²) < 4.78 is 0. The summed E-state index contributed by atoms with van der Waals surface area (Å²) in [5.74, 6) is 0.979. The van der Waals surface area contributed by atoms with Crippen molar-refractivity contribution in [1.29, 1.82) is 0 Å². The predicted molar refractivity (Wildman–Crippen MR) is 94.6 cm³/mol. The number of halogens is 1. The SMILES string of the molecule is CCCCNC(=NCCCN1CCCC1)NCC.I. The van der Waals surface area contributed by atoms with Crippen LogP contribution in [0.5, 0.6) is 0 Å². The lowest BCUT2D eigenvalue weighted by Gasteiger charge is -2.14. The lowest BCUT2D eigenvalue weighted by atomic mass is 10.3. The van der Waals surface area contributed by atoms with Gasteiger partial charge in [-0.3, -0.25) is 4.99 Å². The van der Waals surface area contributed by atoms with Crippen LogP contribution in [0.2, 0.25) is 0 Å². The average molecular weight is 382 g/mol. The highest BCUT2D eigenvalue weighted by Gasteiger charge is 2.09. The van der Waals surface area contributed by atoms with E-state index in [1.807, 2.05) is 0 Å². The fraction of sp³-hybridized carbons (Fsp3) is 0.929. The van der Waals surface area contributed by atoms with Crippen molar-refractivity contribution < 1.29 is 0 Å². The summed E-state index contributed by atoms with van der Waals surface area (Å²) in [6, 6.07) is 0. The first-order valence-corrected chi connectivity index (χ1v) is 7.61. The zero-order chi connectivity index (χ0) is 13.1. The van der Waals surface area contributed by atoms with Crippen LogP contribution in [0.4, 0.5) is 0 Å². The van der Waals surface area contributed by atoms with E-state index < -0.39 is 0 Å². The normalized spacial score (nSPS) is 16.2. The molecule has 1 rings (SSSR count). The van der Waals surface area contributed by atoms with Crippen LogP contribution in [0.3, 0.4) is 0 Å². The van der Waals surface area contributed by atoms with Crippen molar-refractivity contribution in [2.24, 2.45) is 4.99 Å². The van der Waals surface area contributed by atoms with E-state index in [0.29, 0.717) is 0 Å². The second kappa shape index (κ2) is 13.0. The highest BCUT2D eigenvalue weighted by molar-refractivity contribution is 14.0. The number of rotatable bonds is 8. The summed E-state index contributed by atoms with van der Waals surface area (Å²) >= 11 is 0. The quantitative estimate of drug-likeness (QED) is 0.293. The first-order valence-electron chi connectivity index (χ1n) is 7.61. The van der Waals surface area contributed by atoms with Gasteiger partial charge in [0.25, 0.3) is 0 Å². The fourth-order valence-electron chi connectivity index (χ4n) is 2.22.